The molecule has 0 aliphatic carbocycles. The fourth-order valence-corrected chi connectivity index (χ4v) is 2.46. The molecule has 1 aliphatic rings. The van der Waals surface area contributed by atoms with Crippen LogP contribution in [0, 0.1) is 13.8 Å². The van der Waals surface area contributed by atoms with E-state index >= 15 is 0 Å². The zero-order valence-corrected chi connectivity index (χ0v) is 10.8. The van der Waals surface area contributed by atoms with E-state index < -0.39 is 0 Å². The van der Waals surface area contributed by atoms with E-state index in [1.807, 2.05) is 26.0 Å². The fraction of sp³-hybridized carbons (Fsp3) is 0.500. The van der Waals surface area contributed by atoms with E-state index in [0.717, 1.165) is 23.2 Å². The van der Waals surface area contributed by atoms with Crippen LogP contribution in [0.2, 0.25) is 0 Å². The molecular weight excluding hydrogens is 230 g/mol. The number of nitrogens with zero attached hydrogens (tertiary/aromatic N) is 1. The average molecular weight is 249 g/mol. The number of aryl methyl sites for hydroxylation is 2. The Kier molecular flexibility index (Phi) is 3.87. The lowest BCUT2D eigenvalue weighted by Gasteiger charge is -2.35. The molecule has 0 aromatic heterocycles. The maximum Gasteiger partial charge on any atom is 0.414 e. The predicted molar refractivity (Wildman–Crippen MR) is 69.9 cm³/mol. The second-order valence-electron chi connectivity index (χ2n) is 4.79. The molecule has 4 nitrogen and oxygen atoms in total. The predicted octanol–water partition coefficient (Wildman–Crippen LogP) is 2.40. The summed E-state index contributed by atoms with van der Waals surface area (Å²) in [5, 5.41) is 9.10. The summed E-state index contributed by atoms with van der Waals surface area (Å²) in [6, 6.07) is 6.05. The van der Waals surface area contributed by atoms with Crippen LogP contribution in [-0.4, -0.2) is 30.5 Å². The van der Waals surface area contributed by atoms with Crippen molar-refractivity contribution in [2.75, 3.05) is 18.1 Å². The Balaban J connectivity index is 2.33. The number of hydrogen-bond donors (Lipinski definition) is 1. The highest BCUT2D eigenvalue weighted by Crippen LogP contribution is 2.26. The third-order valence-electron chi connectivity index (χ3n) is 3.19. The molecule has 0 saturated carbocycles. The van der Waals surface area contributed by atoms with E-state index in [-0.39, 0.29) is 18.7 Å². The van der Waals surface area contributed by atoms with Crippen LogP contribution >= 0.6 is 0 Å². The summed E-state index contributed by atoms with van der Waals surface area (Å²) in [6.45, 7) is 4.53. The molecule has 0 spiro atoms. The molecule has 1 amide bonds. The van der Waals surface area contributed by atoms with Gasteiger partial charge in [-0.05, 0) is 43.5 Å². The molecule has 4 heteroatoms. The van der Waals surface area contributed by atoms with E-state index in [2.05, 4.69) is 6.07 Å². The molecule has 1 aliphatic heterocycles. The Labute approximate surface area is 107 Å². The van der Waals surface area contributed by atoms with Crippen LogP contribution < -0.4 is 4.90 Å². The first-order valence-corrected chi connectivity index (χ1v) is 6.27. The minimum atomic E-state index is -0.315. The molecule has 2 rings (SSSR count). The average Bonchev–Trinajstić information content (AvgIpc) is 2.28. The fourth-order valence-electron chi connectivity index (χ4n) is 2.46. The maximum atomic E-state index is 11.9. The van der Waals surface area contributed by atoms with Crippen LogP contribution in [0.5, 0.6) is 0 Å². The van der Waals surface area contributed by atoms with Gasteiger partial charge in [-0.15, -0.1) is 0 Å². The van der Waals surface area contributed by atoms with E-state index in [0.29, 0.717) is 13.0 Å². The van der Waals surface area contributed by atoms with E-state index in [1.165, 1.54) is 0 Å². The Morgan fingerprint density at radius 1 is 1.33 bits per heavy atom. The number of rotatable bonds is 3. The van der Waals surface area contributed by atoms with Crippen molar-refractivity contribution in [1.82, 2.24) is 0 Å². The highest BCUT2D eigenvalue weighted by Gasteiger charge is 2.30. The van der Waals surface area contributed by atoms with Gasteiger partial charge in [0.1, 0.15) is 0 Å². The van der Waals surface area contributed by atoms with Crippen LogP contribution in [0.1, 0.15) is 24.0 Å². The number of benzene rings is 1. The van der Waals surface area contributed by atoms with Gasteiger partial charge < -0.3 is 9.84 Å². The van der Waals surface area contributed by atoms with E-state index in [9.17, 15) is 4.79 Å². The second kappa shape index (κ2) is 5.40. The van der Waals surface area contributed by atoms with Crippen molar-refractivity contribution in [1.29, 1.82) is 0 Å². The van der Waals surface area contributed by atoms with Gasteiger partial charge in [0.15, 0.2) is 0 Å². The number of amides is 1. The Hall–Kier alpha value is -1.55. The Morgan fingerprint density at radius 2 is 2.00 bits per heavy atom. The van der Waals surface area contributed by atoms with Crippen molar-refractivity contribution in [3.05, 3.63) is 29.3 Å². The first-order chi connectivity index (χ1) is 8.61. The Morgan fingerprint density at radius 3 is 2.61 bits per heavy atom. The minimum absolute atomic E-state index is 0.0254. The van der Waals surface area contributed by atoms with Crippen molar-refractivity contribution in [2.24, 2.45) is 0 Å². The molecule has 0 bridgehead atoms. The number of carbonyl (C=O) groups excluding carboxylic acids is 1. The molecule has 1 fully saturated rings. The summed E-state index contributed by atoms with van der Waals surface area (Å²) in [5.74, 6) is 0. The SMILES string of the molecule is Cc1cc(C)cc(N2C(=O)OCCC2CCO)c1. The zero-order valence-electron chi connectivity index (χ0n) is 10.8. The molecule has 1 N–H and O–H groups in total. The highest BCUT2D eigenvalue weighted by molar-refractivity contribution is 5.89. The van der Waals surface area contributed by atoms with Crippen LogP contribution in [0.4, 0.5) is 10.5 Å². The minimum Gasteiger partial charge on any atom is -0.449 e. The third-order valence-corrected chi connectivity index (χ3v) is 3.19. The van der Waals surface area contributed by atoms with E-state index in [1.54, 1.807) is 4.90 Å². The van der Waals surface area contributed by atoms with Gasteiger partial charge in [0.2, 0.25) is 0 Å². The monoisotopic (exact) mass is 249 g/mol. The van der Waals surface area contributed by atoms with Crippen molar-refractivity contribution >= 4 is 11.8 Å². The van der Waals surface area contributed by atoms with Crippen molar-refractivity contribution in [3.63, 3.8) is 0 Å². The lowest BCUT2D eigenvalue weighted by atomic mass is 10.1. The molecule has 0 radical (unpaired) electrons. The molecule has 1 aromatic rings. The van der Waals surface area contributed by atoms with Crippen LogP contribution in [0.15, 0.2) is 18.2 Å². The summed E-state index contributed by atoms with van der Waals surface area (Å²) in [7, 11) is 0. The zero-order chi connectivity index (χ0) is 13.1. The van der Waals surface area contributed by atoms with Gasteiger partial charge in [0, 0.05) is 24.8 Å². The molecule has 1 aromatic carbocycles. The number of aliphatic hydroxyl groups is 1. The molecule has 98 valence electrons. The van der Waals surface area contributed by atoms with Gasteiger partial charge in [0.25, 0.3) is 0 Å². The number of anilines is 1. The lowest BCUT2D eigenvalue weighted by molar-refractivity contribution is 0.124. The Bertz CT molecular complexity index is 422. The van der Waals surface area contributed by atoms with Crippen molar-refractivity contribution in [3.8, 4) is 0 Å². The first-order valence-electron chi connectivity index (χ1n) is 6.27. The summed E-state index contributed by atoms with van der Waals surface area (Å²) >= 11 is 0. The summed E-state index contributed by atoms with van der Waals surface area (Å²) in [5.41, 5.74) is 3.09. The number of cyclic esters (lactones) is 1. The summed E-state index contributed by atoms with van der Waals surface area (Å²) in [4.78, 5) is 13.6. The van der Waals surface area contributed by atoms with Crippen molar-refractivity contribution < 1.29 is 14.6 Å². The molecule has 1 heterocycles. The highest BCUT2D eigenvalue weighted by atomic mass is 16.6. The summed E-state index contributed by atoms with van der Waals surface area (Å²) < 4.78 is 5.11. The maximum absolute atomic E-state index is 11.9. The number of carbonyl (C=O) groups is 1. The van der Waals surface area contributed by atoms with E-state index in [4.69, 9.17) is 9.84 Å². The largest absolute Gasteiger partial charge is 0.449 e. The normalized spacial score (nSPS) is 19.8. The molecule has 18 heavy (non-hydrogen) atoms. The van der Waals surface area contributed by atoms with Gasteiger partial charge in [-0.2, -0.15) is 0 Å². The van der Waals surface area contributed by atoms with Gasteiger partial charge in [-0.25, -0.2) is 4.79 Å². The number of ether oxygens (including phenoxy) is 1. The topological polar surface area (TPSA) is 49.8 Å². The number of hydrogen-bond acceptors (Lipinski definition) is 3. The standard InChI is InChI=1S/C14H19NO3/c1-10-7-11(2)9-13(8-10)15-12(3-5-16)4-6-18-14(15)17/h7-9,12,16H,3-6H2,1-2H3. The number of aliphatic hydroxyl groups excluding tert-OH is 1. The molecule has 1 saturated heterocycles. The second-order valence-corrected chi connectivity index (χ2v) is 4.79. The van der Waals surface area contributed by atoms with Crippen LogP contribution in [0.25, 0.3) is 0 Å². The molecule has 1 atom stereocenters. The molecule has 1 unspecified atom stereocenters. The molecular formula is C14H19NO3. The van der Waals surface area contributed by atoms with Crippen LogP contribution in [0.3, 0.4) is 0 Å². The van der Waals surface area contributed by atoms with Crippen LogP contribution in [-0.2, 0) is 4.74 Å². The van der Waals surface area contributed by atoms with Crippen molar-refractivity contribution in [2.45, 2.75) is 32.7 Å². The van der Waals surface area contributed by atoms with Gasteiger partial charge in [-0.1, -0.05) is 6.07 Å². The quantitative estimate of drug-likeness (QED) is 0.895. The summed E-state index contributed by atoms with van der Waals surface area (Å²) in [6.07, 6.45) is 1.03. The lowest BCUT2D eigenvalue weighted by Crippen LogP contribution is -2.46. The van der Waals surface area contributed by atoms with Gasteiger partial charge in [-0.3, -0.25) is 4.90 Å². The third kappa shape index (κ3) is 2.64. The first kappa shape index (κ1) is 12.9. The van der Waals surface area contributed by atoms with Gasteiger partial charge >= 0.3 is 6.09 Å². The van der Waals surface area contributed by atoms with Gasteiger partial charge in [0.05, 0.1) is 6.61 Å². The smallest absolute Gasteiger partial charge is 0.414 e.